The second-order valence-corrected chi connectivity index (χ2v) is 8.00. The third-order valence-corrected chi connectivity index (χ3v) is 5.71. The fourth-order valence-corrected chi connectivity index (χ4v) is 4.10. The summed E-state index contributed by atoms with van der Waals surface area (Å²) in [5, 5.41) is 5.81. The van der Waals surface area contributed by atoms with E-state index in [1.807, 2.05) is 73.0 Å². The van der Waals surface area contributed by atoms with Gasteiger partial charge in [-0.15, -0.1) is 11.3 Å². The highest BCUT2D eigenvalue weighted by atomic mass is 32.1. The van der Waals surface area contributed by atoms with Gasteiger partial charge in [-0.25, -0.2) is 0 Å². The third kappa shape index (κ3) is 4.60. The lowest BCUT2D eigenvalue weighted by Gasteiger charge is -2.18. The van der Waals surface area contributed by atoms with Crippen molar-refractivity contribution in [3.05, 3.63) is 93.9 Å². The van der Waals surface area contributed by atoms with E-state index in [1.165, 1.54) is 0 Å². The van der Waals surface area contributed by atoms with Crippen molar-refractivity contribution in [2.45, 2.75) is 19.4 Å². The van der Waals surface area contributed by atoms with Gasteiger partial charge >= 0.3 is 5.97 Å². The number of benzene rings is 2. The zero-order valence-electron chi connectivity index (χ0n) is 16.5. The van der Waals surface area contributed by atoms with Crippen molar-refractivity contribution in [3.63, 3.8) is 0 Å². The number of thiophene rings is 1. The van der Waals surface area contributed by atoms with Gasteiger partial charge in [-0.05, 0) is 35.6 Å². The smallest absolute Gasteiger partial charge is 0.310 e. The molecule has 30 heavy (non-hydrogen) atoms. The van der Waals surface area contributed by atoms with E-state index in [0.29, 0.717) is 0 Å². The molecule has 0 saturated heterocycles. The minimum atomic E-state index is -0.471. The normalized spacial score (nSPS) is 11.9. The summed E-state index contributed by atoms with van der Waals surface area (Å²) in [7, 11) is 0. The lowest BCUT2D eigenvalue weighted by atomic mass is 10.1. The van der Waals surface area contributed by atoms with Crippen LogP contribution in [0.5, 0.6) is 0 Å². The second kappa shape index (κ2) is 8.97. The van der Waals surface area contributed by atoms with E-state index in [-0.39, 0.29) is 25.0 Å². The summed E-state index contributed by atoms with van der Waals surface area (Å²) >= 11 is 1.56. The topological polar surface area (TPSA) is 68.5 Å². The Balaban J connectivity index is 1.37. The Hall–Kier alpha value is -3.38. The van der Waals surface area contributed by atoms with Crippen LogP contribution in [0.3, 0.4) is 0 Å². The molecule has 4 rings (SSSR count). The molecular weight excluding hydrogens is 398 g/mol. The van der Waals surface area contributed by atoms with Crippen LogP contribution >= 0.6 is 11.3 Å². The summed E-state index contributed by atoms with van der Waals surface area (Å²) in [5.41, 5.74) is 3.54. The quantitative estimate of drug-likeness (QED) is 0.437. The van der Waals surface area contributed by atoms with Crippen molar-refractivity contribution in [1.82, 2.24) is 5.32 Å². The van der Waals surface area contributed by atoms with Crippen molar-refractivity contribution in [2.24, 2.45) is 0 Å². The average Bonchev–Trinajstić information content (AvgIpc) is 3.41. The Morgan fingerprint density at radius 1 is 1.10 bits per heavy atom. The molecule has 0 unspecified atom stereocenters. The molecule has 1 N–H and O–H groups in total. The Bertz CT molecular complexity index is 1150. The number of carbonyl (C=O) groups excluding carboxylic acids is 2. The molecule has 0 aliphatic heterocycles. The number of ether oxygens (including phenoxy) is 1. The summed E-state index contributed by atoms with van der Waals surface area (Å²) in [5.74, 6) is -0.820. The number of hydrogen-bond acceptors (Lipinski definition) is 5. The molecule has 5 nitrogen and oxygen atoms in total. The third-order valence-electron chi connectivity index (χ3n) is 4.78. The van der Waals surface area contributed by atoms with Gasteiger partial charge < -0.3 is 14.5 Å². The van der Waals surface area contributed by atoms with Gasteiger partial charge in [0.2, 0.25) is 0 Å². The number of carbonyl (C=O) groups is 2. The zero-order chi connectivity index (χ0) is 20.9. The summed E-state index contributed by atoms with van der Waals surface area (Å²) in [6.45, 7) is 1.65. The fourth-order valence-electron chi connectivity index (χ4n) is 3.30. The first kappa shape index (κ1) is 19.9. The maximum Gasteiger partial charge on any atom is 0.310 e. The highest BCUT2D eigenvalue weighted by Gasteiger charge is 2.19. The standard InChI is InChI=1S/C24H21NO4S/c1-16-9-10-19-18(14-28-20(19)12-16)13-23(27)29-15-22(26)25-24(21-8-5-11-30-21)17-6-3-2-4-7-17/h2-12,14,24H,13,15H2,1H3,(H,25,26)/t24-/m1/s1. The van der Waals surface area contributed by atoms with Gasteiger partial charge in [0, 0.05) is 15.8 Å². The molecule has 152 valence electrons. The van der Waals surface area contributed by atoms with E-state index in [0.717, 1.165) is 32.5 Å². The minimum absolute atomic E-state index is 0.0520. The van der Waals surface area contributed by atoms with E-state index in [1.54, 1.807) is 17.6 Å². The van der Waals surface area contributed by atoms with Crippen molar-refractivity contribution >= 4 is 34.2 Å². The highest BCUT2D eigenvalue weighted by Crippen LogP contribution is 2.26. The highest BCUT2D eigenvalue weighted by molar-refractivity contribution is 7.10. The molecule has 0 bridgehead atoms. The van der Waals surface area contributed by atoms with Crippen molar-refractivity contribution in [2.75, 3.05) is 6.61 Å². The number of furan rings is 1. The van der Waals surface area contributed by atoms with Crippen LogP contribution in [-0.4, -0.2) is 18.5 Å². The monoisotopic (exact) mass is 419 g/mol. The molecule has 4 aromatic rings. The van der Waals surface area contributed by atoms with Crippen molar-refractivity contribution in [1.29, 1.82) is 0 Å². The van der Waals surface area contributed by atoms with E-state index >= 15 is 0 Å². The fraction of sp³-hybridized carbons (Fsp3) is 0.167. The molecule has 2 aromatic carbocycles. The Kier molecular flexibility index (Phi) is 5.95. The van der Waals surface area contributed by atoms with Crippen LogP contribution in [0.2, 0.25) is 0 Å². The molecule has 0 radical (unpaired) electrons. The number of esters is 1. The van der Waals surface area contributed by atoms with Gasteiger partial charge in [-0.3, -0.25) is 9.59 Å². The number of hydrogen-bond donors (Lipinski definition) is 1. The van der Waals surface area contributed by atoms with Crippen LogP contribution in [0.1, 0.15) is 27.6 Å². The lowest BCUT2D eigenvalue weighted by Crippen LogP contribution is -2.32. The Labute approximate surface area is 178 Å². The van der Waals surface area contributed by atoms with Crippen LogP contribution in [0.25, 0.3) is 11.0 Å². The second-order valence-electron chi connectivity index (χ2n) is 7.02. The van der Waals surface area contributed by atoms with Crippen LogP contribution in [0, 0.1) is 6.92 Å². The van der Waals surface area contributed by atoms with E-state index < -0.39 is 5.97 Å². The molecular formula is C24H21NO4S. The first-order chi connectivity index (χ1) is 14.6. The molecule has 0 aliphatic carbocycles. The number of rotatable bonds is 7. The summed E-state index contributed by atoms with van der Waals surface area (Å²) < 4.78 is 10.7. The Morgan fingerprint density at radius 2 is 1.93 bits per heavy atom. The number of aryl methyl sites for hydroxylation is 1. The SMILES string of the molecule is Cc1ccc2c(CC(=O)OCC(=O)N[C@H](c3ccccc3)c3cccs3)coc2c1. The molecule has 0 saturated carbocycles. The lowest BCUT2D eigenvalue weighted by molar-refractivity contribution is -0.148. The molecule has 0 fully saturated rings. The van der Waals surface area contributed by atoms with E-state index in [4.69, 9.17) is 9.15 Å². The molecule has 2 aromatic heterocycles. The van der Waals surface area contributed by atoms with Gasteiger partial charge in [0.15, 0.2) is 6.61 Å². The first-order valence-corrected chi connectivity index (χ1v) is 10.5. The maximum atomic E-state index is 12.5. The van der Waals surface area contributed by atoms with Crippen molar-refractivity contribution < 1.29 is 18.7 Å². The van der Waals surface area contributed by atoms with Crippen LogP contribution in [0.4, 0.5) is 0 Å². The first-order valence-electron chi connectivity index (χ1n) is 9.60. The zero-order valence-corrected chi connectivity index (χ0v) is 17.3. The number of fused-ring (bicyclic) bond motifs is 1. The number of amides is 1. The maximum absolute atomic E-state index is 12.5. The molecule has 0 spiro atoms. The Morgan fingerprint density at radius 3 is 2.70 bits per heavy atom. The molecule has 0 aliphatic rings. The minimum Gasteiger partial charge on any atom is -0.464 e. The van der Waals surface area contributed by atoms with Gasteiger partial charge in [-0.1, -0.05) is 48.5 Å². The van der Waals surface area contributed by atoms with E-state index in [9.17, 15) is 9.59 Å². The van der Waals surface area contributed by atoms with E-state index in [2.05, 4.69) is 5.32 Å². The average molecular weight is 420 g/mol. The van der Waals surface area contributed by atoms with Gasteiger partial charge in [-0.2, -0.15) is 0 Å². The molecule has 1 atom stereocenters. The molecule has 2 heterocycles. The van der Waals surface area contributed by atoms with Gasteiger partial charge in [0.05, 0.1) is 18.7 Å². The van der Waals surface area contributed by atoms with Crippen molar-refractivity contribution in [3.8, 4) is 0 Å². The van der Waals surface area contributed by atoms with Crippen LogP contribution < -0.4 is 5.32 Å². The summed E-state index contributed by atoms with van der Waals surface area (Å²) in [4.78, 5) is 25.8. The summed E-state index contributed by atoms with van der Waals surface area (Å²) in [6.07, 6.45) is 1.62. The molecule has 6 heteroatoms. The molecule has 1 amide bonds. The van der Waals surface area contributed by atoms with Crippen LogP contribution in [0.15, 0.2) is 76.7 Å². The number of nitrogens with one attached hydrogen (secondary N) is 1. The largest absolute Gasteiger partial charge is 0.464 e. The predicted molar refractivity (Wildman–Crippen MR) is 116 cm³/mol. The van der Waals surface area contributed by atoms with Gasteiger partial charge in [0.1, 0.15) is 5.58 Å². The van der Waals surface area contributed by atoms with Gasteiger partial charge in [0.25, 0.3) is 5.91 Å². The predicted octanol–water partition coefficient (Wildman–Crippen LogP) is 4.79. The summed E-state index contributed by atoms with van der Waals surface area (Å²) in [6, 6.07) is 19.2. The van der Waals surface area contributed by atoms with Crippen LogP contribution in [-0.2, 0) is 20.7 Å².